The predicted molar refractivity (Wildman–Crippen MR) is 157 cm³/mol. The molecule has 0 radical (unpaired) electrons. The van der Waals surface area contributed by atoms with E-state index in [0.717, 1.165) is 26.9 Å². The first-order valence-corrected chi connectivity index (χ1v) is 17.1. The van der Waals surface area contributed by atoms with E-state index in [-0.39, 0.29) is 18.6 Å². The number of carbonyl (C=O) groups excluding carboxylic acids is 2. The van der Waals surface area contributed by atoms with Gasteiger partial charge in [0.15, 0.2) is 0 Å². The molecule has 2 aromatic heterocycles. The van der Waals surface area contributed by atoms with Crippen LogP contribution < -0.4 is 4.84 Å². The fourth-order valence-corrected chi connectivity index (χ4v) is 5.66. The Hall–Kier alpha value is -3.73. The topological polar surface area (TPSA) is 97.6 Å². The highest BCUT2D eigenvalue weighted by atomic mass is 32.2. The third kappa shape index (κ3) is 7.44. The molecule has 4 rings (SSSR count). The lowest BCUT2D eigenvalue weighted by Gasteiger charge is -2.16. The first-order valence-electron chi connectivity index (χ1n) is 12.6. The number of benzene rings is 2. The van der Waals surface area contributed by atoms with Gasteiger partial charge in [-0.05, 0) is 60.7 Å². The molecule has 0 aliphatic heterocycles. The molecule has 2 heterocycles. The number of aliphatic hydroxyl groups excluding tert-OH is 1. The highest BCUT2D eigenvalue weighted by Gasteiger charge is 2.20. The van der Waals surface area contributed by atoms with E-state index in [1.54, 1.807) is 25.4 Å². The van der Waals surface area contributed by atoms with Crippen LogP contribution in [0.15, 0.2) is 76.7 Å². The summed E-state index contributed by atoms with van der Waals surface area (Å²) < 4.78 is 0. The molecular weight excluding hydrogens is 528 g/mol. The number of pyridine rings is 1. The van der Waals surface area contributed by atoms with E-state index in [1.165, 1.54) is 21.5 Å². The molecule has 0 atom stereocenters. The summed E-state index contributed by atoms with van der Waals surface area (Å²) in [5.74, 6) is -0.604. The summed E-state index contributed by atoms with van der Waals surface area (Å²) in [7, 11) is 0.134. The monoisotopic (exact) mass is 560 g/mol. The molecule has 10 heteroatoms. The predicted octanol–water partition coefficient (Wildman–Crippen LogP) is 5.46. The maximum absolute atomic E-state index is 12.8. The minimum absolute atomic E-state index is 0.273. The zero-order valence-corrected chi connectivity index (χ0v) is 24.3. The summed E-state index contributed by atoms with van der Waals surface area (Å²) in [4.78, 5) is 39.7. The third-order valence-corrected chi connectivity index (χ3v) is 8.74. The van der Waals surface area contributed by atoms with Gasteiger partial charge in [-0.3, -0.25) is 9.78 Å². The van der Waals surface area contributed by atoms with Gasteiger partial charge in [-0.1, -0.05) is 54.4 Å². The number of aromatic nitrogens is 3. The van der Waals surface area contributed by atoms with Crippen LogP contribution in [0.1, 0.15) is 28.2 Å². The molecule has 0 saturated heterocycles. The van der Waals surface area contributed by atoms with E-state index in [2.05, 4.69) is 29.7 Å². The van der Waals surface area contributed by atoms with E-state index in [4.69, 9.17) is 4.84 Å². The van der Waals surface area contributed by atoms with Gasteiger partial charge >= 0.3 is 5.97 Å². The minimum Gasteiger partial charge on any atom is -0.376 e. The SMILES string of the molecule is CN(CO)C(=O)c1ccccc1Sc1ccc2c(/C=C/c3ccccn3)nn(OC(=O)CC[Si](C)(C)C)c2c1. The van der Waals surface area contributed by atoms with Crippen molar-refractivity contribution in [2.24, 2.45) is 0 Å². The largest absolute Gasteiger partial charge is 0.376 e. The van der Waals surface area contributed by atoms with Gasteiger partial charge in [0.25, 0.3) is 5.91 Å². The van der Waals surface area contributed by atoms with Crippen molar-refractivity contribution in [1.29, 1.82) is 0 Å². The molecule has 39 heavy (non-hydrogen) atoms. The summed E-state index contributed by atoms with van der Waals surface area (Å²) in [6.45, 7) is 6.28. The first kappa shape index (κ1) is 28.3. The van der Waals surface area contributed by atoms with Gasteiger partial charge in [0.2, 0.25) is 0 Å². The number of hydrogen-bond acceptors (Lipinski definition) is 7. The number of rotatable bonds is 10. The quantitative estimate of drug-likeness (QED) is 0.203. The van der Waals surface area contributed by atoms with Crippen molar-refractivity contribution in [2.45, 2.75) is 41.9 Å². The smallest absolute Gasteiger partial charge is 0.334 e. The first-order chi connectivity index (χ1) is 18.6. The lowest BCUT2D eigenvalue weighted by atomic mass is 10.2. The second kappa shape index (κ2) is 12.4. The molecule has 0 saturated carbocycles. The Morgan fingerprint density at radius 3 is 2.56 bits per heavy atom. The Morgan fingerprint density at radius 1 is 1.08 bits per heavy atom. The normalized spacial score (nSPS) is 11.7. The molecular formula is C29H32N4O4SSi. The fraction of sp³-hybridized carbons (Fsp3) is 0.241. The molecule has 2 aromatic carbocycles. The highest BCUT2D eigenvalue weighted by molar-refractivity contribution is 7.99. The van der Waals surface area contributed by atoms with E-state index in [1.807, 2.05) is 60.7 Å². The summed E-state index contributed by atoms with van der Waals surface area (Å²) in [6.07, 6.45) is 5.77. The summed E-state index contributed by atoms with van der Waals surface area (Å²) >= 11 is 1.41. The van der Waals surface area contributed by atoms with Gasteiger partial charge < -0.3 is 14.8 Å². The van der Waals surface area contributed by atoms with Crippen LogP contribution in [0.4, 0.5) is 0 Å². The van der Waals surface area contributed by atoms with Gasteiger partial charge in [0.1, 0.15) is 12.2 Å². The van der Waals surface area contributed by atoms with Gasteiger partial charge in [0, 0.05) is 42.9 Å². The van der Waals surface area contributed by atoms with Crippen LogP contribution in [-0.2, 0) is 4.79 Å². The molecule has 0 unspecified atom stereocenters. The second-order valence-corrected chi connectivity index (χ2v) is 17.0. The van der Waals surface area contributed by atoms with E-state index in [0.29, 0.717) is 23.2 Å². The standard InChI is InChI=1S/C29H32N4O4SSi/c1-32(20-34)29(36)24-10-5-6-11-27(24)38-22-13-14-23-25(15-12-21-9-7-8-17-30-21)31-33(26(23)19-22)37-28(35)16-18-39(2,3)4/h5-15,17,19,34H,16,18,20H2,1-4H3/b15-12+. The van der Waals surface area contributed by atoms with Crippen molar-refractivity contribution < 1.29 is 19.5 Å². The molecule has 0 aliphatic carbocycles. The van der Waals surface area contributed by atoms with E-state index < -0.39 is 8.07 Å². The van der Waals surface area contributed by atoms with Crippen molar-refractivity contribution in [2.75, 3.05) is 13.8 Å². The number of aliphatic hydroxyl groups is 1. The van der Waals surface area contributed by atoms with Crippen molar-refractivity contribution in [3.63, 3.8) is 0 Å². The highest BCUT2D eigenvalue weighted by Crippen LogP contribution is 2.34. The molecule has 4 aromatic rings. The van der Waals surface area contributed by atoms with Crippen molar-refractivity contribution in [1.82, 2.24) is 19.8 Å². The Morgan fingerprint density at radius 2 is 1.85 bits per heavy atom. The lowest BCUT2D eigenvalue weighted by molar-refractivity contribution is -0.144. The van der Waals surface area contributed by atoms with Crippen LogP contribution in [0.2, 0.25) is 25.7 Å². The maximum Gasteiger partial charge on any atom is 0.334 e. The number of carbonyl (C=O) groups is 2. The Balaban J connectivity index is 1.69. The number of amides is 1. The zero-order chi connectivity index (χ0) is 28.0. The molecule has 1 amide bonds. The molecule has 0 bridgehead atoms. The van der Waals surface area contributed by atoms with Gasteiger partial charge in [-0.15, -0.1) is 5.10 Å². The molecule has 202 valence electrons. The van der Waals surface area contributed by atoms with Gasteiger partial charge in [0.05, 0.1) is 17.0 Å². The molecule has 0 fully saturated rings. The molecule has 0 spiro atoms. The van der Waals surface area contributed by atoms with Crippen LogP contribution in [0.3, 0.4) is 0 Å². The van der Waals surface area contributed by atoms with Crippen LogP contribution in [-0.4, -0.2) is 58.7 Å². The average molecular weight is 561 g/mol. The van der Waals surface area contributed by atoms with Gasteiger partial charge in [-0.25, -0.2) is 4.79 Å². The van der Waals surface area contributed by atoms with Crippen molar-refractivity contribution in [3.05, 3.63) is 83.8 Å². The Labute approximate surface area is 233 Å². The number of nitrogens with zero attached hydrogens (tertiary/aromatic N) is 4. The Kier molecular flexibility index (Phi) is 9.00. The lowest BCUT2D eigenvalue weighted by Crippen LogP contribution is -2.27. The van der Waals surface area contributed by atoms with Crippen molar-refractivity contribution in [3.8, 4) is 0 Å². The summed E-state index contributed by atoms with van der Waals surface area (Å²) in [5.41, 5.74) is 2.56. The van der Waals surface area contributed by atoms with Crippen molar-refractivity contribution >= 4 is 54.8 Å². The summed E-state index contributed by atoms with van der Waals surface area (Å²) in [6, 6.07) is 19.5. The maximum atomic E-state index is 12.8. The summed E-state index contributed by atoms with van der Waals surface area (Å²) in [5, 5.41) is 14.8. The van der Waals surface area contributed by atoms with Crippen LogP contribution in [0.5, 0.6) is 0 Å². The minimum atomic E-state index is -1.41. The fourth-order valence-electron chi connectivity index (χ4n) is 3.74. The number of fused-ring (bicyclic) bond motifs is 1. The Bertz CT molecular complexity index is 1500. The molecule has 0 aliphatic rings. The van der Waals surface area contributed by atoms with Crippen LogP contribution in [0.25, 0.3) is 23.1 Å². The van der Waals surface area contributed by atoms with E-state index in [9.17, 15) is 14.7 Å². The average Bonchev–Trinajstić information content (AvgIpc) is 3.26. The third-order valence-electron chi connectivity index (χ3n) is 5.92. The zero-order valence-electron chi connectivity index (χ0n) is 22.5. The van der Waals surface area contributed by atoms with E-state index >= 15 is 0 Å². The van der Waals surface area contributed by atoms with Crippen LogP contribution >= 0.6 is 11.8 Å². The second-order valence-electron chi connectivity index (χ2n) is 10.3. The molecule has 8 nitrogen and oxygen atoms in total. The van der Waals surface area contributed by atoms with Crippen LogP contribution in [0, 0.1) is 0 Å². The molecule has 1 N–H and O–H groups in total. The number of hydrogen-bond donors (Lipinski definition) is 1. The van der Waals surface area contributed by atoms with Gasteiger partial charge in [-0.2, -0.15) is 0 Å².